The molecule has 1 aliphatic heterocycles. The number of ether oxygens (including phenoxy) is 1. The van der Waals surface area contributed by atoms with Gasteiger partial charge in [-0.25, -0.2) is 4.79 Å². The molecule has 172 valence electrons. The summed E-state index contributed by atoms with van der Waals surface area (Å²) in [6.45, 7) is 12.9. The average molecular weight is 456 g/mol. The van der Waals surface area contributed by atoms with Crippen LogP contribution in [-0.2, 0) is 11.2 Å². The van der Waals surface area contributed by atoms with E-state index in [0.717, 1.165) is 23.3 Å². The minimum atomic E-state index is -0.260. The van der Waals surface area contributed by atoms with E-state index < -0.39 is 0 Å². The van der Waals surface area contributed by atoms with Crippen molar-refractivity contribution < 1.29 is 14.3 Å². The van der Waals surface area contributed by atoms with Crippen molar-refractivity contribution in [3.8, 4) is 5.75 Å². The number of thiophene rings is 1. The minimum Gasteiger partial charge on any atom is -0.491 e. The van der Waals surface area contributed by atoms with Gasteiger partial charge in [0.05, 0.1) is 6.04 Å². The summed E-state index contributed by atoms with van der Waals surface area (Å²) in [5.74, 6) is 0.742. The van der Waals surface area contributed by atoms with Gasteiger partial charge in [-0.3, -0.25) is 4.79 Å². The summed E-state index contributed by atoms with van der Waals surface area (Å²) >= 11 is 1.72. The molecular formula is C25H33N3O3S. The Bertz CT molecular complexity index is 969. The third-order valence-corrected chi connectivity index (χ3v) is 6.51. The number of aryl methyl sites for hydroxylation is 2. The molecule has 1 atom stereocenters. The first-order chi connectivity index (χ1) is 15.3. The van der Waals surface area contributed by atoms with Crippen LogP contribution in [0.2, 0.25) is 0 Å². The Hall–Kier alpha value is -2.80. The van der Waals surface area contributed by atoms with E-state index in [1.807, 2.05) is 37.8 Å². The minimum absolute atomic E-state index is 0.00407. The lowest BCUT2D eigenvalue weighted by Crippen LogP contribution is -2.50. The van der Waals surface area contributed by atoms with Crippen LogP contribution in [0.5, 0.6) is 5.75 Å². The Morgan fingerprint density at radius 1 is 1.34 bits per heavy atom. The van der Waals surface area contributed by atoms with Crippen molar-refractivity contribution >= 4 is 23.3 Å². The molecule has 1 N–H and O–H groups in total. The third kappa shape index (κ3) is 5.71. The van der Waals surface area contributed by atoms with E-state index in [4.69, 9.17) is 4.74 Å². The monoisotopic (exact) mass is 455 g/mol. The molecule has 6 nitrogen and oxygen atoms in total. The van der Waals surface area contributed by atoms with Crippen molar-refractivity contribution in [2.24, 2.45) is 0 Å². The number of nitrogens with zero attached hydrogens (tertiary/aromatic N) is 2. The number of rotatable bonds is 8. The zero-order chi connectivity index (χ0) is 23.3. The molecular weight excluding hydrogens is 422 g/mol. The first kappa shape index (κ1) is 23.9. The smallest absolute Gasteiger partial charge is 0.318 e. The second-order valence-corrected chi connectivity index (χ2v) is 9.51. The van der Waals surface area contributed by atoms with Crippen molar-refractivity contribution in [2.45, 2.75) is 46.2 Å². The number of urea groups is 1. The van der Waals surface area contributed by atoms with Gasteiger partial charge in [0.2, 0.25) is 5.91 Å². The van der Waals surface area contributed by atoms with E-state index in [0.29, 0.717) is 19.7 Å². The van der Waals surface area contributed by atoms with Gasteiger partial charge < -0.3 is 19.9 Å². The van der Waals surface area contributed by atoms with E-state index in [1.165, 1.54) is 15.3 Å². The molecule has 1 aromatic heterocycles. The first-order valence-electron chi connectivity index (χ1n) is 11.0. The average Bonchev–Trinajstić information content (AvgIpc) is 3.21. The van der Waals surface area contributed by atoms with Crippen LogP contribution in [0, 0.1) is 13.8 Å². The highest BCUT2D eigenvalue weighted by atomic mass is 32.1. The van der Waals surface area contributed by atoms with E-state index in [-0.39, 0.29) is 30.6 Å². The maximum atomic E-state index is 13.4. The summed E-state index contributed by atoms with van der Waals surface area (Å²) in [5, 5.41) is 4.93. The first-order valence-corrected chi connectivity index (χ1v) is 11.9. The van der Waals surface area contributed by atoms with Gasteiger partial charge in [-0.05, 0) is 62.8 Å². The number of fused-ring (bicyclic) bond motifs is 1. The summed E-state index contributed by atoms with van der Waals surface area (Å²) in [4.78, 5) is 30.6. The van der Waals surface area contributed by atoms with E-state index in [2.05, 4.69) is 36.3 Å². The van der Waals surface area contributed by atoms with Gasteiger partial charge in [-0.1, -0.05) is 23.8 Å². The Labute approximate surface area is 194 Å². The van der Waals surface area contributed by atoms with Gasteiger partial charge in [-0.15, -0.1) is 17.9 Å². The molecule has 2 aromatic rings. The fourth-order valence-corrected chi connectivity index (χ4v) is 4.90. The second-order valence-electron chi connectivity index (χ2n) is 8.51. The van der Waals surface area contributed by atoms with Crippen molar-refractivity contribution in [1.29, 1.82) is 0 Å². The Morgan fingerprint density at radius 2 is 2.12 bits per heavy atom. The Kier molecular flexibility index (Phi) is 7.96. The van der Waals surface area contributed by atoms with Gasteiger partial charge in [-0.2, -0.15) is 0 Å². The van der Waals surface area contributed by atoms with Crippen molar-refractivity contribution in [3.63, 3.8) is 0 Å². The summed E-state index contributed by atoms with van der Waals surface area (Å²) in [6, 6.07) is 7.74. The molecule has 1 aromatic carbocycles. The summed E-state index contributed by atoms with van der Waals surface area (Å²) < 4.78 is 6.19. The van der Waals surface area contributed by atoms with Crippen LogP contribution in [0.1, 0.15) is 41.5 Å². The SMILES string of the molecule is C=CCN(CC(=O)N1CCc2sccc2[C@H]1COc1ccc(C)cc1C)C(=O)NC(C)C. The van der Waals surface area contributed by atoms with Crippen LogP contribution in [0.25, 0.3) is 0 Å². The molecule has 3 rings (SSSR count). The van der Waals surface area contributed by atoms with E-state index in [1.54, 1.807) is 17.4 Å². The molecule has 0 saturated heterocycles. The van der Waals surface area contributed by atoms with Crippen molar-refractivity contribution in [1.82, 2.24) is 15.1 Å². The zero-order valence-corrected chi connectivity index (χ0v) is 20.2. The topological polar surface area (TPSA) is 61.9 Å². The lowest BCUT2D eigenvalue weighted by atomic mass is 10.00. The molecule has 0 spiro atoms. The predicted octanol–water partition coefficient (Wildman–Crippen LogP) is 4.48. The standard InChI is InChI=1S/C25H33N3O3S/c1-6-11-27(25(30)26-17(2)3)15-24(29)28-12-9-23-20(10-13-32-23)21(28)16-31-22-8-7-18(4)14-19(22)5/h6-8,10,13-14,17,21H,1,9,11-12,15-16H2,2-5H3,(H,26,30)/t21-/m1/s1. The molecule has 0 bridgehead atoms. The number of nitrogens with one attached hydrogen (secondary N) is 1. The summed E-state index contributed by atoms with van der Waals surface area (Å²) in [6.07, 6.45) is 2.46. The van der Waals surface area contributed by atoms with Crippen LogP contribution in [0.15, 0.2) is 42.3 Å². The summed E-state index contributed by atoms with van der Waals surface area (Å²) in [5.41, 5.74) is 3.40. The highest BCUT2D eigenvalue weighted by Crippen LogP contribution is 2.34. The summed E-state index contributed by atoms with van der Waals surface area (Å²) in [7, 11) is 0. The normalized spacial score (nSPS) is 15.3. The van der Waals surface area contributed by atoms with Crippen LogP contribution in [0.4, 0.5) is 4.79 Å². The quantitative estimate of drug-likeness (QED) is 0.597. The second kappa shape index (κ2) is 10.7. The van der Waals surface area contributed by atoms with Crippen molar-refractivity contribution in [2.75, 3.05) is 26.2 Å². The fraction of sp³-hybridized carbons (Fsp3) is 0.440. The predicted molar refractivity (Wildman–Crippen MR) is 129 cm³/mol. The molecule has 0 fully saturated rings. The molecule has 0 saturated carbocycles. The van der Waals surface area contributed by atoms with Crippen molar-refractivity contribution in [3.05, 3.63) is 63.9 Å². The van der Waals surface area contributed by atoms with Crippen LogP contribution in [0.3, 0.4) is 0 Å². The largest absolute Gasteiger partial charge is 0.491 e. The molecule has 2 heterocycles. The molecule has 0 unspecified atom stereocenters. The number of hydrogen-bond donors (Lipinski definition) is 1. The lowest BCUT2D eigenvalue weighted by Gasteiger charge is -2.37. The maximum absolute atomic E-state index is 13.4. The number of carbonyl (C=O) groups is 2. The van der Waals surface area contributed by atoms with E-state index in [9.17, 15) is 9.59 Å². The van der Waals surface area contributed by atoms with Gasteiger partial charge in [0.15, 0.2) is 0 Å². The molecule has 3 amide bonds. The lowest BCUT2D eigenvalue weighted by molar-refractivity contribution is -0.135. The number of amides is 3. The molecule has 0 aliphatic carbocycles. The number of benzene rings is 1. The van der Waals surface area contributed by atoms with Crippen LogP contribution < -0.4 is 10.1 Å². The Balaban J connectivity index is 1.77. The highest BCUT2D eigenvalue weighted by molar-refractivity contribution is 7.10. The van der Waals surface area contributed by atoms with Gasteiger partial charge in [0.1, 0.15) is 18.9 Å². The number of hydrogen-bond acceptors (Lipinski definition) is 4. The highest BCUT2D eigenvalue weighted by Gasteiger charge is 2.33. The molecule has 0 radical (unpaired) electrons. The van der Waals surface area contributed by atoms with E-state index >= 15 is 0 Å². The molecule has 7 heteroatoms. The fourth-order valence-electron chi connectivity index (χ4n) is 3.97. The maximum Gasteiger partial charge on any atom is 0.318 e. The zero-order valence-electron chi connectivity index (χ0n) is 19.4. The van der Waals surface area contributed by atoms with Gasteiger partial charge in [0.25, 0.3) is 0 Å². The Morgan fingerprint density at radius 3 is 2.81 bits per heavy atom. The molecule has 1 aliphatic rings. The van der Waals surface area contributed by atoms with Gasteiger partial charge in [0, 0.05) is 24.0 Å². The van der Waals surface area contributed by atoms with Crippen LogP contribution in [-0.4, -0.2) is 54.0 Å². The third-order valence-electron chi connectivity index (χ3n) is 5.52. The van der Waals surface area contributed by atoms with Gasteiger partial charge >= 0.3 is 6.03 Å². The number of carbonyl (C=O) groups excluding carboxylic acids is 2. The van der Waals surface area contributed by atoms with Crippen LogP contribution >= 0.6 is 11.3 Å². The molecule has 32 heavy (non-hydrogen) atoms.